The van der Waals surface area contributed by atoms with Crippen molar-refractivity contribution in [3.63, 3.8) is 0 Å². The van der Waals surface area contributed by atoms with Crippen molar-refractivity contribution >= 4 is 46.2 Å². The number of carbonyl (C=O) groups is 3. The number of H-pyrrole nitrogens is 1. The molecule has 3 saturated heterocycles. The number of piperidine rings is 2. The Labute approximate surface area is 274 Å². The van der Waals surface area contributed by atoms with Crippen LogP contribution in [0.5, 0.6) is 0 Å². The van der Waals surface area contributed by atoms with Crippen molar-refractivity contribution in [3.05, 3.63) is 58.7 Å². The molecule has 0 radical (unpaired) electrons. The van der Waals surface area contributed by atoms with E-state index in [2.05, 4.69) is 20.4 Å². The minimum atomic E-state index is -0.969. The number of ether oxygens (including phenoxy) is 1. The van der Waals surface area contributed by atoms with Gasteiger partial charge in [-0.25, -0.2) is 9.59 Å². The van der Waals surface area contributed by atoms with E-state index in [4.69, 9.17) is 16.3 Å². The number of para-hydroxylation sites is 1. The summed E-state index contributed by atoms with van der Waals surface area (Å²) < 4.78 is 6.06. The molecule has 1 atom stereocenters. The highest BCUT2D eigenvalue weighted by atomic mass is 35.5. The maximum Gasteiger partial charge on any atom is 0.410 e. The van der Waals surface area contributed by atoms with Crippen LogP contribution < -0.4 is 5.32 Å². The summed E-state index contributed by atoms with van der Waals surface area (Å²) in [5, 5.41) is 11.4. The summed E-state index contributed by atoms with van der Waals surface area (Å²) in [4.78, 5) is 48.6. The van der Waals surface area contributed by atoms with Gasteiger partial charge in [-0.1, -0.05) is 29.8 Å². The molecule has 11 nitrogen and oxygen atoms in total. The van der Waals surface area contributed by atoms with Crippen molar-refractivity contribution in [3.8, 4) is 0 Å². The van der Waals surface area contributed by atoms with Crippen molar-refractivity contribution in [1.82, 2.24) is 29.8 Å². The fourth-order valence-corrected chi connectivity index (χ4v) is 7.93. The normalized spacial score (nSPS) is 20.8. The lowest BCUT2D eigenvalue weighted by Gasteiger charge is -2.39. The van der Waals surface area contributed by atoms with Gasteiger partial charge in [-0.3, -0.25) is 9.89 Å². The van der Waals surface area contributed by atoms with Crippen LogP contribution in [0.15, 0.2) is 42.6 Å². The lowest BCUT2D eigenvalue weighted by atomic mass is 10.0. The molecule has 2 N–H and O–H groups in total. The number of amides is 4. The molecule has 7 rings (SSSR count). The second-order valence-corrected chi connectivity index (χ2v) is 13.4. The lowest BCUT2D eigenvalue weighted by molar-refractivity contribution is -0.142. The fraction of sp³-hybridized carbons (Fsp3) is 0.529. The number of nitrogens with zero attached hydrogens (tertiary/aromatic N) is 5. The van der Waals surface area contributed by atoms with Crippen molar-refractivity contribution in [2.75, 3.05) is 51.1 Å². The molecule has 2 aromatic carbocycles. The van der Waals surface area contributed by atoms with E-state index in [1.807, 2.05) is 46.2 Å². The average molecular weight is 648 g/mol. The van der Waals surface area contributed by atoms with Crippen LogP contribution in [0, 0.1) is 0 Å². The van der Waals surface area contributed by atoms with Gasteiger partial charge in [0.25, 0.3) is 5.91 Å². The number of fused-ring (bicyclic) bond motifs is 2. The Morgan fingerprint density at radius 2 is 1.65 bits per heavy atom. The number of carbonyl (C=O) groups excluding carboxylic acids is 3. The molecule has 4 amide bonds. The Bertz CT molecular complexity index is 1570. The molecular weight excluding hydrogens is 606 g/mol. The molecule has 3 aromatic rings. The molecule has 12 heteroatoms. The number of aromatic amines is 1. The third-order valence-corrected chi connectivity index (χ3v) is 10.5. The SMILES string of the molecule is O=C(O[C@H](Cc1cc(Cl)c2[nH]ncc2c1)C(=O)N1CCC(N2CCCC2)CC1)N1CCC(N2CCc3ccccc3NC2=O)CC1. The quantitative estimate of drug-likeness (QED) is 0.393. The Balaban J connectivity index is 1.00. The molecule has 46 heavy (non-hydrogen) atoms. The van der Waals surface area contributed by atoms with Crippen LogP contribution in [0.1, 0.15) is 49.7 Å². The monoisotopic (exact) mass is 647 g/mol. The van der Waals surface area contributed by atoms with Crippen LogP contribution in [-0.4, -0.2) is 112 Å². The molecule has 1 aromatic heterocycles. The van der Waals surface area contributed by atoms with E-state index in [0.29, 0.717) is 56.6 Å². The molecule has 244 valence electrons. The largest absolute Gasteiger partial charge is 0.436 e. The second-order valence-electron chi connectivity index (χ2n) is 13.0. The van der Waals surface area contributed by atoms with Gasteiger partial charge in [0.2, 0.25) is 0 Å². The molecular formula is C34H42ClN7O4. The third kappa shape index (κ3) is 6.53. The molecule has 5 heterocycles. The summed E-state index contributed by atoms with van der Waals surface area (Å²) >= 11 is 6.53. The van der Waals surface area contributed by atoms with Crippen molar-refractivity contribution in [1.29, 1.82) is 0 Å². The number of urea groups is 1. The van der Waals surface area contributed by atoms with E-state index in [1.54, 1.807) is 11.1 Å². The van der Waals surface area contributed by atoms with E-state index in [-0.39, 0.29) is 24.4 Å². The van der Waals surface area contributed by atoms with Crippen molar-refractivity contribution in [2.24, 2.45) is 0 Å². The minimum absolute atomic E-state index is 0.0246. The Kier molecular flexibility index (Phi) is 9.04. The van der Waals surface area contributed by atoms with Crippen LogP contribution >= 0.6 is 11.6 Å². The Morgan fingerprint density at radius 1 is 0.935 bits per heavy atom. The second kappa shape index (κ2) is 13.5. The first-order valence-corrected chi connectivity index (χ1v) is 17.1. The van der Waals surface area contributed by atoms with Crippen molar-refractivity contribution < 1.29 is 19.1 Å². The first-order chi connectivity index (χ1) is 22.4. The number of halogens is 1. The molecule has 0 aliphatic carbocycles. The number of hydrogen-bond acceptors (Lipinski definition) is 6. The molecule has 0 unspecified atom stereocenters. The number of hydrogen-bond donors (Lipinski definition) is 2. The van der Waals surface area contributed by atoms with Gasteiger partial charge in [-0.05, 0) is 87.4 Å². The first-order valence-electron chi connectivity index (χ1n) is 16.7. The number of benzene rings is 2. The van der Waals surface area contributed by atoms with Gasteiger partial charge in [0.15, 0.2) is 6.10 Å². The number of rotatable bonds is 6. The summed E-state index contributed by atoms with van der Waals surface area (Å²) in [6.45, 7) is 5.13. The zero-order valence-electron chi connectivity index (χ0n) is 26.1. The van der Waals surface area contributed by atoms with Gasteiger partial charge in [0.05, 0.1) is 16.7 Å². The summed E-state index contributed by atoms with van der Waals surface area (Å²) in [5.41, 5.74) is 3.53. The minimum Gasteiger partial charge on any atom is -0.436 e. The molecule has 3 fully saturated rings. The van der Waals surface area contributed by atoms with Crippen LogP contribution in [0.4, 0.5) is 15.3 Å². The Hall–Kier alpha value is -3.83. The van der Waals surface area contributed by atoms with Crippen LogP contribution in [-0.2, 0) is 22.4 Å². The maximum absolute atomic E-state index is 14.0. The van der Waals surface area contributed by atoms with Crippen LogP contribution in [0.2, 0.25) is 5.02 Å². The highest BCUT2D eigenvalue weighted by Gasteiger charge is 2.36. The summed E-state index contributed by atoms with van der Waals surface area (Å²) in [7, 11) is 0. The summed E-state index contributed by atoms with van der Waals surface area (Å²) in [5.74, 6) is -0.160. The van der Waals surface area contributed by atoms with E-state index in [0.717, 1.165) is 60.1 Å². The van der Waals surface area contributed by atoms with Crippen LogP contribution in [0.3, 0.4) is 0 Å². The van der Waals surface area contributed by atoms with Gasteiger partial charge in [-0.2, -0.15) is 5.10 Å². The average Bonchev–Trinajstić information content (AvgIpc) is 3.76. The zero-order valence-corrected chi connectivity index (χ0v) is 26.9. The summed E-state index contributed by atoms with van der Waals surface area (Å²) in [6.07, 6.45) is 6.90. The zero-order chi connectivity index (χ0) is 31.6. The summed E-state index contributed by atoms with van der Waals surface area (Å²) in [6, 6.07) is 12.1. The number of aromatic nitrogens is 2. The van der Waals surface area contributed by atoms with Gasteiger partial charge < -0.3 is 29.7 Å². The van der Waals surface area contributed by atoms with Gasteiger partial charge in [-0.15, -0.1) is 0 Å². The van der Waals surface area contributed by atoms with Gasteiger partial charge in [0, 0.05) is 62.3 Å². The number of anilines is 1. The predicted octanol–water partition coefficient (Wildman–Crippen LogP) is 4.91. The smallest absolute Gasteiger partial charge is 0.410 e. The topological polar surface area (TPSA) is 114 Å². The lowest BCUT2D eigenvalue weighted by Crippen LogP contribution is -2.52. The van der Waals surface area contributed by atoms with E-state index in [9.17, 15) is 14.4 Å². The molecule has 0 saturated carbocycles. The molecule has 0 spiro atoms. The standard InChI is InChI=1S/C34H42ClN7O4/c35-28-20-23(19-25-22-36-38-31(25)28)21-30(32(43)40-14-8-26(9-15-40)39-12-3-4-13-39)46-34(45)41-16-10-27(11-17-41)42-18-7-24-5-1-2-6-29(24)37-33(42)44/h1-2,5-6,19-20,22,26-27,30H,3-4,7-18,21H2,(H,36,38)(H,37,44)/t30-/m1/s1. The van der Waals surface area contributed by atoms with Crippen molar-refractivity contribution in [2.45, 2.75) is 69.6 Å². The van der Waals surface area contributed by atoms with E-state index in [1.165, 1.54) is 12.8 Å². The van der Waals surface area contributed by atoms with Gasteiger partial charge in [0.1, 0.15) is 0 Å². The van der Waals surface area contributed by atoms with Gasteiger partial charge >= 0.3 is 12.1 Å². The number of nitrogens with one attached hydrogen (secondary N) is 2. The molecule has 4 aliphatic heterocycles. The van der Waals surface area contributed by atoms with Crippen LogP contribution in [0.25, 0.3) is 10.9 Å². The molecule has 0 bridgehead atoms. The fourth-order valence-electron chi connectivity index (χ4n) is 7.64. The number of likely N-dealkylation sites (tertiary alicyclic amines) is 3. The first kappa shape index (κ1) is 30.8. The highest BCUT2D eigenvalue weighted by molar-refractivity contribution is 6.35. The highest BCUT2D eigenvalue weighted by Crippen LogP contribution is 2.28. The predicted molar refractivity (Wildman–Crippen MR) is 176 cm³/mol. The molecule has 4 aliphatic rings. The van der Waals surface area contributed by atoms with E-state index >= 15 is 0 Å². The maximum atomic E-state index is 14.0. The Morgan fingerprint density at radius 3 is 2.43 bits per heavy atom. The third-order valence-electron chi connectivity index (χ3n) is 10.2. The van der Waals surface area contributed by atoms with E-state index < -0.39 is 12.2 Å².